The van der Waals surface area contributed by atoms with Gasteiger partial charge in [-0.05, 0) is 36.1 Å². The number of carbonyl (C=O) groups is 2. The lowest BCUT2D eigenvalue weighted by Gasteiger charge is -2.25. The number of aliphatic hydroxyl groups excluding tert-OH is 1. The molecule has 31 heavy (non-hydrogen) atoms. The topological polar surface area (TPSA) is 66.8 Å². The molecular weight excluding hydrogens is 390 g/mol. The molecule has 2 aromatic rings. The summed E-state index contributed by atoms with van der Waals surface area (Å²) < 4.78 is 5.65. The molecule has 0 bridgehead atoms. The van der Waals surface area contributed by atoms with E-state index < -0.39 is 17.7 Å². The fourth-order valence-corrected chi connectivity index (χ4v) is 3.77. The number of Topliss-reactive ketones (excluding diaryl/α,β-unsaturated/α-hetero) is 1. The summed E-state index contributed by atoms with van der Waals surface area (Å²) in [5.41, 5.74) is 2.49. The predicted octanol–water partition coefficient (Wildman–Crippen LogP) is 5.04. The number of ether oxygens (including phenoxy) is 1. The van der Waals surface area contributed by atoms with Gasteiger partial charge in [0.25, 0.3) is 11.7 Å². The van der Waals surface area contributed by atoms with Crippen LogP contribution in [-0.2, 0) is 16.0 Å². The fourth-order valence-electron chi connectivity index (χ4n) is 3.77. The van der Waals surface area contributed by atoms with E-state index in [0.29, 0.717) is 24.5 Å². The maximum Gasteiger partial charge on any atom is 0.295 e. The minimum Gasteiger partial charge on any atom is -0.507 e. The van der Waals surface area contributed by atoms with Crippen LogP contribution in [0.25, 0.3) is 5.76 Å². The molecule has 0 aliphatic carbocycles. The SMILES string of the molecule is C=CCOc1cccc(C2/C(=C(/O)c3ccc(CC)cc3)C(=O)C(=O)N2CCCC)c1. The van der Waals surface area contributed by atoms with Crippen molar-refractivity contribution in [1.29, 1.82) is 0 Å². The zero-order chi connectivity index (χ0) is 22.4. The number of amides is 1. The number of unbranched alkanes of at least 4 members (excludes halogenated alkanes) is 1. The molecule has 1 N–H and O–H groups in total. The van der Waals surface area contributed by atoms with Crippen LogP contribution >= 0.6 is 0 Å². The molecule has 5 nitrogen and oxygen atoms in total. The second kappa shape index (κ2) is 10.1. The van der Waals surface area contributed by atoms with Crippen molar-refractivity contribution in [1.82, 2.24) is 4.90 Å². The third-order valence-corrected chi connectivity index (χ3v) is 5.47. The first-order valence-electron chi connectivity index (χ1n) is 10.7. The van der Waals surface area contributed by atoms with Crippen molar-refractivity contribution >= 4 is 17.4 Å². The molecular formula is C26H29NO4. The number of ketones is 1. The van der Waals surface area contributed by atoms with E-state index in [9.17, 15) is 14.7 Å². The minimum absolute atomic E-state index is 0.117. The van der Waals surface area contributed by atoms with E-state index in [0.717, 1.165) is 30.4 Å². The average Bonchev–Trinajstić information content (AvgIpc) is 3.06. The zero-order valence-electron chi connectivity index (χ0n) is 18.1. The molecule has 1 atom stereocenters. The van der Waals surface area contributed by atoms with Crippen LogP contribution in [0.2, 0.25) is 0 Å². The molecule has 0 saturated carbocycles. The Balaban J connectivity index is 2.11. The molecule has 162 valence electrons. The van der Waals surface area contributed by atoms with Gasteiger partial charge in [0.05, 0.1) is 11.6 Å². The van der Waals surface area contributed by atoms with E-state index in [1.54, 1.807) is 23.1 Å². The van der Waals surface area contributed by atoms with E-state index >= 15 is 0 Å². The van der Waals surface area contributed by atoms with Gasteiger partial charge < -0.3 is 14.7 Å². The summed E-state index contributed by atoms with van der Waals surface area (Å²) in [5.74, 6) is -0.772. The van der Waals surface area contributed by atoms with Crippen LogP contribution in [0.4, 0.5) is 0 Å². The molecule has 1 fully saturated rings. The lowest BCUT2D eigenvalue weighted by Crippen LogP contribution is -2.30. The molecule has 1 unspecified atom stereocenters. The Kier molecular flexibility index (Phi) is 7.29. The van der Waals surface area contributed by atoms with Gasteiger partial charge in [0.1, 0.15) is 18.1 Å². The van der Waals surface area contributed by atoms with Crippen molar-refractivity contribution < 1.29 is 19.4 Å². The molecule has 1 heterocycles. The second-order valence-corrected chi connectivity index (χ2v) is 7.57. The molecule has 1 amide bonds. The number of carbonyl (C=O) groups excluding carboxylic acids is 2. The number of aryl methyl sites for hydroxylation is 1. The molecule has 5 heteroatoms. The molecule has 0 radical (unpaired) electrons. The van der Waals surface area contributed by atoms with Crippen molar-refractivity contribution in [2.75, 3.05) is 13.2 Å². The summed E-state index contributed by atoms with van der Waals surface area (Å²) in [5, 5.41) is 11.1. The highest BCUT2D eigenvalue weighted by Crippen LogP contribution is 2.40. The van der Waals surface area contributed by atoms with Gasteiger partial charge in [-0.1, -0.05) is 69.3 Å². The largest absolute Gasteiger partial charge is 0.507 e. The number of rotatable bonds is 9. The van der Waals surface area contributed by atoms with Crippen LogP contribution in [0.1, 0.15) is 49.4 Å². The molecule has 1 aliphatic rings. The Labute approximate surface area is 183 Å². The highest BCUT2D eigenvalue weighted by atomic mass is 16.5. The van der Waals surface area contributed by atoms with Crippen molar-refractivity contribution in [3.05, 3.63) is 83.4 Å². The van der Waals surface area contributed by atoms with Crippen LogP contribution in [0.15, 0.2) is 66.8 Å². The highest BCUT2D eigenvalue weighted by Gasteiger charge is 2.45. The molecule has 0 spiro atoms. The van der Waals surface area contributed by atoms with E-state index in [1.807, 2.05) is 43.3 Å². The van der Waals surface area contributed by atoms with E-state index in [1.165, 1.54) is 0 Å². The predicted molar refractivity (Wildman–Crippen MR) is 122 cm³/mol. The van der Waals surface area contributed by atoms with Crippen molar-refractivity contribution in [2.24, 2.45) is 0 Å². The number of aliphatic hydroxyl groups is 1. The second-order valence-electron chi connectivity index (χ2n) is 7.57. The minimum atomic E-state index is -0.662. The molecule has 0 aromatic heterocycles. The Morgan fingerprint density at radius 3 is 2.55 bits per heavy atom. The first kappa shape index (κ1) is 22.3. The van der Waals surface area contributed by atoms with Gasteiger partial charge in [0, 0.05) is 12.1 Å². The third kappa shape index (κ3) is 4.71. The number of benzene rings is 2. The number of likely N-dealkylation sites (tertiary alicyclic amines) is 1. The van der Waals surface area contributed by atoms with Gasteiger partial charge >= 0.3 is 0 Å². The Morgan fingerprint density at radius 1 is 1.16 bits per heavy atom. The van der Waals surface area contributed by atoms with E-state index in [2.05, 4.69) is 13.5 Å². The summed E-state index contributed by atoms with van der Waals surface area (Å²) in [4.78, 5) is 27.4. The molecule has 3 rings (SSSR count). The van der Waals surface area contributed by atoms with Crippen molar-refractivity contribution in [3.63, 3.8) is 0 Å². The number of hydrogen-bond donors (Lipinski definition) is 1. The standard InChI is InChI=1S/C26H29NO4/c1-4-7-15-27-23(20-9-8-10-21(17-20)31-16-5-2)22(25(29)26(27)30)24(28)19-13-11-18(6-3)12-14-19/h5,8-14,17,23,28H,2,4,6-7,15-16H2,1,3H3/b24-22-. The maximum absolute atomic E-state index is 13.0. The number of nitrogens with zero attached hydrogens (tertiary/aromatic N) is 1. The first-order valence-corrected chi connectivity index (χ1v) is 10.7. The monoisotopic (exact) mass is 419 g/mol. The first-order chi connectivity index (χ1) is 15.0. The van der Waals surface area contributed by atoms with Gasteiger partial charge in [0.15, 0.2) is 0 Å². The van der Waals surface area contributed by atoms with Gasteiger partial charge in [0.2, 0.25) is 0 Å². The summed E-state index contributed by atoms with van der Waals surface area (Å²) in [6.45, 7) is 8.53. The Morgan fingerprint density at radius 2 is 1.90 bits per heavy atom. The van der Waals surface area contributed by atoms with Crippen molar-refractivity contribution in [2.45, 2.75) is 39.2 Å². The van der Waals surface area contributed by atoms with Crippen LogP contribution < -0.4 is 4.74 Å². The van der Waals surface area contributed by atoms with Crippen molar-refractivity contribution in [3.8, 4) is 5.75 Å². The van der Waals surface area contributed by atoms with E-state index in [4.69, 9.17) is 4.74 Å². The van der Waals surface area contributed by atoms with Gasteiger partial charge in [-0.2, -0.15) is 0 Å². The molecule has 1 aliphatic heterocycles. The average molecular weight is 420 g/mol. The Bertz CT molecular complexity index is 991. The lowest BCUT2D eigenvalue weighted by atomic mass is 9.94. The van der Waals surface area contributed by atoms with Crippen LogP contribution in [0.3, 0.4) is 0 Å². The van der Waals surface area contributed by atoms with Gasteiger partial charge in [-0.3, -0.25) is 9.59 Å². The normalized spacial score (nSPS) is 17.7. The molecule has 1 saturated heterocycles. The smallest absolute Gasteiger partial charge is 0.295 e. The Hall–Kier alpha value is -3.34. The van der Waals surface area contributed by atoms with Crippen LogP contribution in [-0.4, -0.2) is 34.8 Å². The zero-order valence-corrected chi connectivity index (χ0v) is 18.1. The quantitative estimate of drug-likeness (QED) is 0.268. The van der Waals surface area contributed by atoms with Gasteiger partial charge in [-0.15, -0.1) is 0 Å². The third-order valence-electron chi connectivity index (χ3n) is 5.47. The maximum atomic E-state index is 13.0. The summed E-state index contributed by atoms with van der Waals surface area (Å²) in [6.07, 6.45) is 4.18. The summed E-state index contributed by atoms with van der Waals surface area (Å²) >= 11 is 0. The van der Waals surface area contributed by atoms with E-state index in [-0.39, 0.29) is 11.3 Å². The van der Waals surface area contributed by atoms with Gasteiger partial charge in [-0.25, -0.2) is 0 Å². The highest BCUT2D eigenvalue weighted by molar-refractivity contribution is 6.46. The summed E-state index contributed by atoms with van der Waals surface area (Å²) in [6, 6.07) is 14.0. The van der Waals surface area contributed by atoms with Crippen LogP contribution in [0, 0.1) is 0 Å². The van der Waals surface area contributed by atoms with Crippen LogP contribution in [0.5, 0.6) is 5.75 Å². The number of hydrogen-bond acceptors (Lipinski definition) is 4. The fraction of sp³-hybridized carbons (Fsp3) is 0.308. The lowest BCUT2D eigenvalue weighted by molar-refractivity contribution is -0.139. The summed E-state index contributed by atoms with van der Waals surface area (Å²) in [7, 11) is 0. The molecule has 2 aromatic carbocycles.